The van der Waals surface area contributed by atoms with Crippen LogP contribution in [0.2, 0.25) is 0 Å². The van der Waals surface area contributed by atoms with Crippen molar-refractivity contribution < 1.29 is 14.3 Å². The van der Waals surface area contributed by atoms with Crippen molar-refractivity contribution in [1.29, 1.82) is 0 Å². The van der Waals surface area contributed by atoms with Crippen molar-refractivity contribution in [3.8, 4) is 0 Å². The quantitative estimate of drug-likeness (QED) is 0.677. The Bertz CT molecular complexity index is 463. The van der Waals surface area contributed by atoms with Crippen LogP contribution in [-0.4, -0.2) is 37.5 Å². The molecular formula is C12H15BrN2O3. The van der Waals surface area contributed by atoms with Crippen LogP contribution in [-0.2, 0) is 9.53 Å². The van der Waals surface area contributed by atoms with Crippen LogP contribution in [0.15, 0.2) is 22.7 Å². The van der Waals surface area contributed by atoms with Crippen LogP contribution >= 0.6 is 15.9 Å². The van der Waals surface area contributed by atoms with Crippen LogP contribution in [0.25, 0.3) is 0 Å². The summed E-state index contributed by atoms with van der Waals surface area (Å²) >= 11 is 3.29. The van der Waals surface area contributed by atoms with Gasteiger partial charge in [-0.3, -0.25) is 9.59 Å². The number of ether oxygens (including phenoxy) is 1. The molecule has 1 aromatic carbocycles. The first-order chi connectivity index (χ1) is 8.45. The third kappa shape index (κ3) is 3.73. The number of anilines is 1. The van der Waals surface area contributed by atoms with Crippen molar-refractivity contribution in [2.24, 2.45) is 0 Å². The second-order valence-electron chi connectivity index (χ2n) is 3.78. The van der Waals surface area contributed by atoms with E-state index in [2.05, 4.69) is 20.7 Å². The van der Waals surface area contributed by atoms with E-state index in [4.69, 9.17) is 5.73 Å². The lowest BCUT2D eigenvalue weighted by atomic mass is 10.1. The maximum atomic E-state index is 12.1. The molecule has 0 heterocycles. The normalized spacial score (nSPS) is 9.94. The van der Waals surface area contributed by atoms with E-state index in [1.807, 2.05) is 0 Å². The minimum absolute atomic E-state index is 0.159. The van der Waals surface area contributed by atoms with Gasteiger partial charge in [0.05, 0.1) is 19.1 Å². The van der Waals surface area contributed by atoms with Crippen molar-refractivity contribution in [1.82, 2.24) is 4.90 Å². The molecule has 6 heteroatoms. The number of nitrogen functional groups attached to an aromatic ring is 1. The first-order valence-electron chi connectivity index (χ1n) is 5.33. The monoisotopic (exact) mass is 314 g/mol. The third-order valence-electron chi connectivity index (χ3n) is 2.47. The van der Waals surface area contributed by atoms with Gasteiger partial charge in [-0.2, -0.15) is 0 Å². The van der Waals surface area contributed by atoms with E-state index in [9.17, 15) is 9.59 Å². The predicted molar refractivity (Wildman–Crippen MR) is 72.1 cm³/mol. The van der Waals surface area contributed by atoms with Crippen molar-refractivity contribution in [3.05, 3.63) is 28.2 Å². The molecule has 0 fully saturated rings. The van der Waals surface area contributed by atoms with Crippen molar-refractivity contribution >= 4 is 33.5 Å². The molecule has 0 aromatic heterocycles. The van der Waals surface area contributed by atoms with E-state index in [1.54, 1.807) is 25.2 Å². The zero-order valence-electron chi connectivity index (χ0n) is 10.3. The Hall–Kier alpha value is -1.56. The van der Waals surface area contributed by atoms with Crippen LogP contribution < -0.4 is 5.73 Å². The van der Waals surface area contributed by atoms with Crippen LogP contribution in [0.4, 0.5) is 5.69 Å². The van der Waals surface area contributed by atoms with E-state index in [0.29, 0.717) is 11.3 Å². The molecule has 1 rings (SSSR count). The highest BCUT2D eigenvalue weighted by Crippen LogP contribution is 2.19. The van der Waals surface area contributed by atoms with Gasteiger partial charge in [-0.25, -0.2) is 0 Å². The maximum absolute atomic E-state index is 12.1. The lowest BCUT2D eigenvalue weighted by Crippen LogP contribution is -2.29. The Labute approximate surface area is 114 Å². The summed E-state index contributed by atoms with van der Waals surface area (Å²) in [7, 11) is 2.93. The van der Waals surface area contributed by atoms with Gasteiger partial charge in [-0.05, 0) is 18.2 Å². The van der Waals surface area contributed by atoms with E-state index in [1.165, 1.54) is 12.0 Å². The zero-order valence-corrected chi connectivity index (χ0v) is 11.9. The lowest BCUT2D eigenvalue weighted by molar-refractivity contribution is -0.140. The maximum Gasteiger partial charge on any atom is 0.307 e. The number of halogens is 1. The highest BCUT2D eigenvalue weighted by Gasteiger charge is 2.16. The molecule has 98 valence electrons. The van der Waals surface area contributed by atoms with Gasteiger partial charge in [-0.15, -0.1) is 0 Å². The molecule has 5 nitrogen and oxygen atoms in total. The molecule has 0 saturated heterocycles. The van der Waals surface area contributed by atoms with Crippen LogP contribution in [0, 0.1) is 0 Å². The fraction of sp³-hybridized carbons (Fsp3) is 0.333. The second-order valence-corrected chi connectivity index (χ2v) is 4.70. The fourth-order valence-electron chi connectivity index (χ4n) is 1.38. The first-order valence-corrected chi connectivity index (χ1v) is 6.12. The number of benzene rings is 1. The summed E-state index contributed by atoms with van der Waals surface area (Å²) in [5.41, 5.74) is 6.57. The highest BCUT2D eigenvalue weighted by molar-refractivity contribution is 9.10. The second kappa shape index (κ2) is 6.39. The Morgan fingerprint density at radius 2 is 2.11 bits per heavy atom. The molecule has 0 atom stereocenters. The summed E-state index contributed by atoms with van der Waals surface area (Å²) in [5.74, 6) is -0.574. The number of rotatable bonds is 4. The number of carbonyl (C=O) groups is 2. The average molecular weight is 315 g/mol. The van der Waals surface area contributed by atoms with Gasteiger partial charge in [0.1, 0.15) is 0 Å². The van der Waals surface area contributed by atoms with Gasteiger partial charge in [0, 0.05) is 23.8 Å². The number of nitrogens with zero attached hydrogens (tertiary/aromatic N) is 1. The molecular weight excluding hydrogens is 300 g/mol. The number of esters is 1. The number of amides is 1. The van der Waals surface area contributed by atoms with Crippen molar-refractivity contribution in [2.45, 2.75) is 6.42 Å². The van der Waals surface area contributed by atoms with E-state index < -0.39 is 0 Å². The smallest absolute Gasteiger partial charge is 0.307 e. The largest absolute Gasteiger partial charge is 0.469 e. The zero-order chi connectivity index (χ0) is 13.7. The summed E-state index contributed by atoms with van der Waals surface area (Å²) in [5, 5.41) is 0. The van der Waals surface area contributed by atoms with E-state index >= 15 is 0 Å². The predicted octanol–water partition coefficient (Wildman–Crippen LogP) is 1.67. The summed E-state index contributed by atoms with van der Waals surface area (Å²) < 4.78 is 5.30. The third-order valence-corrected chi connectivity index (χ3v) is 2.96. The molecule has 0 aliphatic carbocycles. The summed E-state index contributed by atoms with van der Waals surface area (Å²) in [6.07, 6.45) is 0.159. The summed E-state index contributed by atoms with van der Waals surface area (Å²) in [6.45, 7) is 0.289. The molecule has 18 heavy (non-hydrogen) atoms. The van der Waals surface area contributed by atoms with Gasteiger partial charge in [0.15, 0.2) is 0 Å². The Morgan fingerprint density at radius 3 is 2.72 bits per heavy atom. The summed E-state index contributed by atoms with van der Waals surface area (Å²) in [4.78, 5) is 24.5. The number of carbonyl (C=O) groups excluding carboxylic acids is 2. The average Bonchev–Trinajstić information content (AvgIpc) is 2.37. The molecule has 0 saturated carbocycles. The fourth-order valence-corrected chi connectivity index (χ4v) is 1.74. The van der Waals surface area contributed by atoms with Crippen molar-refractivity contribution in [3.63, 3.8) is 0 Å². The summed E-state index contributed by atoms with van der Waals surface area (Å²) in [6, 6.07) is 5.08. The standard InChI is InChI=1S/C12H15BrN2O3/c1-15(6-5-11(16)18-2)12(17)9-7-8(13)3-4-10(9)14/h3-4,7H,5-6,14H2,1-2H3. The van der Waals surface area contributed by atoms with E-state index in [0.717, 1.165) is 4.47 Å². The molecule has 0 bridgehead atoms. The Kier molecular flexibility index (Phi) is 5.15. The van der Waals surface area contributed by atoms with E-state index in [-0.39, 0.29) is 24.8 Å². The van der Waals surface area contributed by atoms with Gasteiger partial charge in [-0.1, -0.05) is 15.9 Å². The Morgan fingerprint density at radius 1 is 1.44 bits per heavy atom. The molecule has 1 aromatic rings. The minimum Gasteiger partial charge on any atom is -0.469 e. The highest BCUT2D eigenvalue weighted by atomic mass is 79.9. The minimum atomic E-state index is -0.350. The number of nitrogens with two attached hydrogens (primary N) is 1. The molecule has 2 N–H and O–H groups in total. The van der Waals surface area contributed by atoms with Gasteiger partial charge < -0.3 is 15.4 Å². The molecule has 1 amide bonds. The van der Waals surface area contributed by atoms with Gasteiger partial charge in [0.25, 0.3) is 5.91 Å². The topological polar surface area (TPSA) is 72.6 Å². The molecule has 0 aliphatic heterocycles. The van der Waals surface area contributed by atoms with Gasteiger partial charge >= 0.3 is 5.97 Å². The first kappa shape index (κ1) is 14.5. The van der Waals surface area contributed by atoms with Crippen LogP contribution in [0.5, 0.6) is 0 Å². The molecule has 0 radical (unpaired) electrons. The lowest BCUT2D eigenvalue weighted by Gasteiger charge is -2.17. The molecule has 0 unspecified atom stereocenters. The Balaban J connectivity index is 2.74. The SMILES string of the molecule is COC(=O)CCN(C)C(=O)c1cc(Br)ccc1N. The van der Waals surface area contributed by atoms with Crippen LogP contribution in [0.1, 0.15) is 16.8 Å². The number of methoxy groups -OCH3 is 1. The van der Waals surface area contributed by atoms with Crippen molar-refractivity contribution in [2.75, 3.05) is 26.4 Å². The van der Waals surface area contributed by atoms with Crippen LogP contribution in [0.3, 0.4) is 0 Å². The molecule has 0 aliphatic rings. The number of hydrogen-bond donors (Lipinski definition) is 1. The number of hydrogen-bond acceptors (Lipinski definition) is 4. The molecule has 0 spiro atoms. The van der Waals surface area contributed by atoms with Gasteiger partial charge in [0.2, 0.25) is 0 Å².